The van der Waals surface area contributed by atoms with E-state index in [1.165, 1.54) is 18.5 Å². The molecule has 1 heterocycles. The summed E-state index contributed by atoms with van der Waals surface area (Å²) < 4.78 is 25.1. The molecule has 0 saturated carbocycles. The smallest absolute Gasteiger partial charge is 0.253 e. The third kappa shape index (κ3) is 5.23. The fraction of sp³-hybridized carbons (Fsp3) is 0.350. The molecule has 1 amide bonds. The van der Waals surface area contributed by atoms with Gasteiger partial charge in [-0.25, -0.2) is 8.42 Å². The average molecular weight is 388 g/mol. The predicted molar refractivity (Wildman–Crippen MR) is 109 cm³/mol. The van der Waals surface area contributed by atoms with Crippen molar-refractivity contribution in [2.75, 3.05) is 36.0 Å². The molecular formula is C20H25N3O3S. The number of carbonyl (C=O) groups is 1. The quantitative estimate of drug-likeness (QED) is 0.827. The Hall–Kier alpha value is -2.54. The summed E-state index contributed by atoms with van der Waals surface area (Å²) in [6.45, 7) is 2.70. The van der Waals surface area contributed by atoms with Gasteiger partial charge < -0.3 is 9.80 Å². The van der Waals surface area contributed by atoms with Gasteiger partial charge in [-0.1, -0.05) is 18.2 Å². The van der Waals surface area contributed by atoms with Gasteiger partial charge in [-0.3, -0.25) is 9.52 Å². The fourth-order valence-electron chi connectivity index (χ4n) is 3.28. The highest BCUT2D eigenvalue weighted by atomic mass is 32.2. The Labute approximate surface area is 160 Å². The van der Waals surface area contributed by atoms with Crippen LogP contribution >= 0.6 is 0 Å². The number of hydrogen-bond acceptors (Lipinski definition) is 4. The molecule has 0 spiro atoms. The third-order valence-corrected chi connectivity index (χ3v) is 5.19. The second kappa shape index (κ2) is 8.00. The molecule has 0 atom stereocenters. The molecule has 6 nitrogen and oxygen atoms in total. The number of sulfonamides is 1. The Kier molecular flexibility index (Phi) is 5.70. The van der Waals surface area contributed by atoms with Crippen molar-refractivity contribution >= 4 is 27.3 Å². The van der Waals surface area contributed by atoms with Crippen molar-refractivity contribution in [1.82, 2.24) is 4.90 Å². The lowest BCUT2D eigenvalue weighted by molar-refractivity contribution is 0.0785. The van der Waals surface area contributed by atoms with Crippen molar-refractivity contribution in [2.45, 2.75) is 19.4 Å². The van der Waals surface area contributed by atoms with Crippen LogP contribution in [-0.4, -0.2) is 45.6 Å². The fourth-order valence-corrected chi connectivity index (χ4v) is 3.84. The second-order valence-corrected chi connectivity index (χ2v) is 8.73. The van der Waals surface area contributed by atoms with Crippen molar-refractivity contribution < 1.29 is 13.2 Å². The molecule has 0 aromatic heterocycles. The standard InChI is InChI=1S/C20H25N3O3S/c1-22(15-16-8-10-19(11-9-16)23-12-3-4-13-23)20(24)17-6-5-7-18(14-17)21-27(2,25)26/h5-11,14,21H,3-4,12-13,15H2,1-2H3. The number of benzene rings is 2. The van der Waals surface area contributed by atoms with Gasteiger partial charge in [-0.2, -0.15) is 0 Å². The van der Waals surface area contributed by atoms with Crippen LogP contribution in [0.5, 0.6) is 0 Å². The van der Waals surface area contributed by atoms with E-state index in [9.17, 15) is 13.2 Å². The van der Waals surface area contributed by atoms with Crippen LogP contribution in [0.25, 0.3) is 0 Å². The maximum atomic E-state index is 12.7. The van der Waals surface area contributed by atoms with Gasteiger partial charge in [0, 0.05) is 43.6 Å². The predicted octanol–water partition coefficient (Wildman–Crippen LogP) is 2.93. The van der Waals surface area contributed by atoms with E-state index in [0.717, 1.165) is 24.9 Å². The van der Waals surface area contributed by atoms with Crippen LogP contribution in [0.1, 0.15) is 28.8 Å². The monoisotopic (exact) mass is 387 g/mol. The van der Waals surface area contributed by atoms with Gasteiger partial charge in [0.15, 0.2) is 0 Å². The van der Waals surface area contributed by atoms with E-state index in [4.69, 9.17) is 0 Å². The van der Waals surface area contributed by atoms with E-state index < -0.39 is 10.0 Å². The lowest BCUT2D eigenvalue weighted by Crippen LogP contribution is -2.26. The molecule has 3 rings (SSSR count). The van der Waals surface area contributed by atoms with Gasteiger partial charge in [0.25, 0.3) is 5.91 Å². The average Bonchev–Trinajstić information content (AvgIpc) is 3.15. The number of amides is 1. The topological polar surface area (TPSA) is 69.7 Å². The van der Waals surface area contributed by atoms with E-state index in [0.29, 0.717) is 17.8 Å². The van der Waals surface area contributed by atoms with E-state index >= 15 is 0 Å². The largest absolute Gasteiger partial charge is 0.372 e. The Bertz CT molecular complexity index is 904. The van der Waals surface area contributed by atoms with E-state index in [1.54, 1.807) is 36.2 Å². The van der Waals surface area contributed by atoms with E-state index in [1.807, 2.05) is 0 Å². The van der Waals surface area contributed by atoms with Gasteiger partial charge in [-0.05, 0) is 48.7 Å². The van der Waals surface area contributed by atoms with Crippen LogP contribution < -0.4 is 9.62 Å². The van der Waals surface area contributed by atoms with Crippen LogP contribution in [0, 0.1) is 0 Å². The normalized spacial score (nSPS) is 14.2. The van der Waals surface area contributed by atoms with Crippen LogP contribution in [0.2, 0.25) is 0 Å². The lowest BCUT2D eigenvalue weighted by atomic mass is 10.1. The van der Waals surface area contributed by atoms with Crippen molar-refractivity contribution in [3.8, 4) is 0 Å². The molecule has 1 fully saturated rings. The Morgan fingerprint density at radius 3 is 2.41 bits per heavy atom. The first-order valence-electron chi connectivity index (χ1n) is 8.99. The summed E-state index contributed by atoms with van der Waals surface area (Å²) in [5.41, 5.74) is 3.11. The molecule has 1 aliphatic rings. The first-order valence-corrected chi connectivity index (χ1v) is 10.9. The molecule has 2 aromatic carbocycles. The van der Waals surface area contributed by atoms with Crippen molar-refractivity contribution in [2.24, 2.45) is 0 Å². The maximum Gasteiger partial charge on any atom is 0.253 e. The number of hydrogen-bond donors (Lipinski definition) is 1. The zero-order valence-electron chi connectivity index (χ0n) is 15.7. The number of carbonyl (C=O) groups excluding carboxylic acids is 1. The zero-order chi connectivity index (χ0) is 19.4. The molecule has 27 heavy (non-hydrogen) atoms. The van der Waals surface area contributed by atoms with Crippen LogP contribution in [0.3, 0.4) is 0 Å². The third-order valence-electron chi connectivity index (χ3n) is 4.59. The highest BCUT2D eigenvalue weighted by molar-refractivity contribution is 7.92. The minimum absolute atomic E-state index is 0.157. The highest BCUT2D eigenvalue weighted by Crippen LogP contribution is 2.21. The van der Waals surface area contributed by atoms with Crippen molar-refractivity contribution in [3.05, 3.63) is 59.7 Å². The van der Waals surface area contributed by atoms with Crippen molar-refractivity contribution in [3.63, 3.8) is 0 Å². The molecule has 1 aliphatic heterocycles. The molecular weight excluding hydrogens is 362 g/mol. The zero-order valence-corrected chi connectivity index (χ0v) is 16.5. The van der Waals surface area contributed by atoms with Gasteiger partial charge in [0.2, 0.25) is 10.0 Å². The summed E-state index contributed by atoms with van der Waals surface area (Å²) in [6.07, 6.45) is 3.57. The number of rotatable bonds is 6. The van der Waals surface area contributed by atoms with Crippen LogP contribution in [0.4, 0.5) is 11.4 Å². The molecule has 144 valence electrons. The first-order chi connectivity index (χ1) is 12.8. The second-order valence-electron chi connectivity index (χ2n) is 6.98. The number of nitrogens with one attached hydrogen (secondary N) is 1. The summed E-state index contributed by atoms with van der Waals surface area (Å²) in [4.78, 5) is 16.7. The molecule has 0 bridgehead atoms. The minimum atomic E-state index is -3.38. The summed E-state index contributed by atoms with van der Waals surface area (Å²) in [5.74, 6) is -0.157. The Morgan fingerprint density at radius 1 is 1.11 bits per heavy atom. The highest BCUT2D eigenvalue weighted by Gasteiger charge is 2.15. The Balaban J connectivity index is 1.66. The number of anilines is 2. The van der Waals surface area contributed by atoms with Gasteiger partial charge in [-0.15, -0.1) is 0 Å². The summed E-state index contributed by atoms with van der Waals surface area (Å²) >= 11 is 0. The molecule has 1 N–H and O–H groups in total. The van der Waals surface area contributed by atoms with Gasteiger partial charge in [0.1, 0.15) is 0 Å². The molecule has 0 radical (unpaired) electrons. The van der Waals surface area contributed by atoms with Crippen LogP contribution in [-0.2, 0) is 16.6 Å². The molecule has 2 aromatic rings. The molecule has 1 saturated heterocycles. The van der Waals surface area contributed by atoms with E-state index in [-0.39, 0.29) is 5.91 Å². The van der Waals surface area contributed by atoms with Crippen molar-refractivity contribution in [1.29, 1.82) is 0 Å². The Morgan fingerprint density at radius 2 is 1.78 bits per heavy atom. The SMILES string of the molecule is CN(Cc1ccc(N2CCCC2)cc1)C(=O)c1cccc(NS(C)(=O)=O)c1. The van der Waals surface area contributed by atoms with Gasteiger partial charge in [0.05, 0.1) is 6.26 Å². The molecule has 0 aliphatic carbocycles. The summed E-state index contributed by atoms with van der Waals surface area (Å²) in [6, 6.07) is 14.8. The summed E-state index contributed by atoms with van der Waals surface area (Å²) in [7, 11) is -1.64. The first kappa shape index (κ1) is 19.2. The summed E-state index contributed by atoms with van der Waals surface area (Å²) in [5, 5.41) is 0. The molecule has 0 unspecified atom stereocenters. The number of nitrogens with zero attached hydrogens (tertiary/aromatic N) is 2. The van der Waals surface area contributed by atoms with Gasteiger partial charge >= 0.3 is 0 Å². The molecule has 7 heteroatoms. The lowest BCUT2D eigenvalue weighted by Gasteiger charge is -2.20. The van der Waals surface area contributed by atoms with E-state index in [2.05, 4.69) is 33.9 Å². The minimum Gasteiger partial charge on any atom is -0.372 e. The maximum absolute atomic E-state index is 12.7. The van der Waals surface area contributed by atoms with Crippen LogP contribution in [0.15, 0.2) is 48.5 Å².